The second-order valence-corrected chi connectivity index (χ2v) is 7.95. The number of benzene rings is 3. The number of hydrogen-bond acceptors (Lipinski definition) is 4. The minimum Gasteiger partial charge on any atom is -0.324 e. The number of carbonyl (C=O) groups excluding carboxylic acids is 1. The van der Waals surface area contributed by atoms with Crippen molar-refractivity contribution in [1.29, 1.82) is 0 Å². The Morgan fingerprint density at radius 3 is 2.25 bits per heavy atom. The van der Waals surface area contributed by atoms with Gasteiger partial charge in [0.2, 0.25) is 5.95 Å². The third kappa shape index (κ3) is 3.90. The van der Waals surface area contributed by atoms with Gasteiger partial charge in [-0.3, -0.25) is 10.1 Å². The number of nitrogens with zero attached hydrogens (tertiary/aromatic N) is 3. The van der Waals surface area contributed by atoms with Crippen LogP contribution in [0.1, 0.15) is 38.7 Å². The van der Waals surface area contributed by atoms with E-state index in [2.05, 4.69) is 70.1 Å². The quantitative estimate of drug-likeness (QED) is 0.475. The van der Waals surface area contributed by atoms with E-state index in [-0.39, 0.29) is 17.9 Å². The lowest BCUT2D eigenvalue weighted by atomic mass is 10.0. The van der Waals surface area contributed by atoms with Crippen LogP contribution in [0.2, 0.25) is 0 Å². The standard InChI is InChI=1S/C26H23N5O/c1-17-8-12-19(13-9-17)22-16-23(20-6-4-3-5-7-20)31-26(27-22)29-25(30-31)28-24(32)21-14-10-18(2)11-15-21/h3-16,23H,1-2H3,(H2,27,28,29,30,32)/t23-/m1/s1. The molecule has 158 valence electrons. The zero-order valence-electron chi connectivity index (χ0n) is 17.9. The normalized spacial score (nSPS) is 14.8. The molecule has 1 aliphatic heterocycles. The van der Waals surface area contributed by atoms with Crippen LogP contribution in [0.3, 0.4) is 0 Å². The van der Waals surface area contributed by atoms with Gasteiger partial charge in [0.15, 0.2) is 0 Å². The number of carbonyl (C=O) groups is 1. The summed E-state index contributed by atoms with van der Waals surface area (Å²) in [5, 5.41) is 10.8. The summed E-state index contributed by atoms with van der Waals surface area (Å²) in [4.78, 5) is 17.2. The average Bonchev–Trinajstić information content (AvgIpc) is 3.22. The van der Waals surface area contributed by atoms with Gasteiger partial charge in [0, 0.05) is 11.3 Å². The number of anilines is 2. The molecule has 0 radical (unpaired) electrons. The van der Waals surface area contributed by atoms with Gasteiger partial charge in [-0.25, -0.2) is 4.68 Å². The van der Waals surface area contributed by atoms with Crippen LogP contribution in [0.25, 0.3) is 5.70 Å². The van der Waals surface area contributed by atoms with Crippen molar-refractivity contribution in [3.05, 3.63) is 113 Å². The van der Waals surface area contributed by atoms with Crippen LogP contribution < -0.4 is 10.6 Å². The number of allylic oxidation sites excluding steroid dienone is 1. The molecular formula is C26H23N5O. The van der Waals surface area contributed by atoms with Crippen LogP contribution in [-0.2, 0) is 0 Å². The van der Waals surface area contributed by atoms with Gasteiger partial charge >= 0.3 is 0 Å². The lowest BCUT2D eigenvalue weighted by Crippen LogP contribution is -2.20. The Kier molecular flexibility index (Phi) is 5.03. The third-order valence-corrected chi connectivity index (χ3v) is 5.51. The van der Waals surface area contributed by atoms with Gasteiger partial charge in [0.25, 0.3) is 11.9 Å². The van der Waals surface area contributed by atoms with Crippen LogP contribution in [0.15, 0.2) is 84.9 Å². The van der Waals surface area contributed by atoms with Gasteiger partial charge in [-0.05, 0) is 43.2 Å². The van der Waals surface area contributed by atoms with Crippen molar-refractivity contribution in [3.63, 3.8) is 0 Å². The van der Waals surface area contributed by atoms with Crippen molar-refractivity contribution in [2.45, 2.75) is 19.9 Å². The molecule has 0 spiro atoms. The van der Waals surface area contributed by atoms with Crippen LogP contribution >= 0.6 is 0 Å². The second-order valence-electron chi connectivity index (χ2n) is 7.95. The fourth-order valence-electron chi connectivity index (χ4n) is 3.71. The SMILES string of the molecule is Cc1ccc(C(=O)Nc2nc3n(n2)[C@@H](c2ccccc2)C=C(c2ccc(C)cc2)N3)cc1. The average molecular weight is 422 g/mol. The predicted molar refractivity (Wildman–Crippen MR) is 127 cm³/mol. The fraction of sp³-hybridized carbons (Fsp3) is 0.115. The first kappa shape index (κ1) is 19.8. The number of rotatable bonds is 4. The Bertz CT molecular complexity index is 1290. The summed E-state index contributed by atoms with van der Waals surface area (Å²) < 4.78 is 1.80. The van der Waals surface area contributed by atoms with Gasteiger partial charge in [-0.1, -0.05) is 77.9 Å². The summed E-state index contributed by atoms with van der Waals surface area (Å²) in [5.74, 6) is 0.602. The molecule has 6 heteroatoms. The Labute approximate surface area is 186 Å². The zero-order valence-corrected chi connectivity index (χ0v) is 17.9. The maximum absolute atomic E-state index is 12.7. The van der Waals surface area contributed by atoms with Gasteiger partial charge in [0.05, 0.1) is 0 Å². The molecular weight excluding hydrogens is 398 g/mol. The Morgan fingerprint density at radius 2 is 1.56 bits per heavy atom. The van der Waals surface area contributed by atoms with Crippen molar-refractivity contribution >= 4 is 23.5 Å². The molecule has 3 aromatic carbocycles. The molecule has 1 atom stereocenters. The number of hydrogen-bond donors (Lipinski definition) is 2. The molecule has 6 nitrogen and oxygen atoms in total. The molecule has 0 aliphatic carbocycles. The van der Waals surface area contributed by atoms with E-state index in [4.69, 9.17) is 0 Å². The van der Waals surface area contributed by atoms with Gasteiger partial charge < -0.3 is 5.32 Å². The van der Waals surface area contributed by atoms with Crippen molar-refractivity contribution in [1.82, 2.24) is 14.8 Å². The molecule has 1 aliphatic rings. The zero-order chi connectivity index (χ0) is 22.1. The lowest BCUT2D eigenvalue weighted by molar-refractivity contribution is 0.102. The summed E-state index contributed by atoms with van der Waals surface area (Å²) >= 11 is 0. The smallest absolute Gasteiger partial charge is 0.258 e. The molecule has 32 heavy (non-hydrogen) atoms. The first-order valence-corrected chi connectivity index (χ1v) is 10.5. The maximum Gasteiger partial charge on any atom is 0.258 e. The molecule has 0 saturated heterocycles. The van der Waals surface area contributed by atoms with Crippen LogP contribution in [-0.4, -0.2) is 20.7 Å². The summed E-state index contributed by atoms with van der Waals surface area (Å²) in [7, 11) is 0. The predicted octanol–water partition coefficient (Wildman–Crippen LogP) is 5.20. The molecule has 0 saturated carbocycles. The number of amides is 1. The summed E-state index contributed by atoms with van der Waals surface area (Å²) in [6.07, 6.45) is 2.13. The first-order valence-electron chi connectivity index (χ1n) is 10.5. The molecule has 0 unspecified atom stereocenters. The van der Waals surface area contributed by atoms with Crippen molar-refractivity contribution in [3.8, 4) is 0 Å². The highest BCUT2D eigenvalue weighted by atomic mass is 16.1. The van der Waals surface area contributed by atoms with E-state index < -0.39 is 0 Å². The van der Waals surface area contributed by atoms with E-state index in [9.17, 15) is 4.79 Å². The number of aryl methyl sites for hydroxylation is 2. The highest BCUT2D eigenvalue weighted by Crippen LogP contribution is 2.33. The first-order chi connectivity index (χ1) is 15.6. The topological polar surface area (TPSA) is 71.8 Å². The lowest BCUT2D eigenvalue weighted by Gasteiger charge is -2.24. The van der Waals surface area contributed by atoms with Crippen molar-refractivity contribution < 1.29 is 4.79 Å². The number of aromatic nitrogens is 3. The van der Waals surface area contributed by atoms with Crippen molar-refractivity contribution in [2.75, 3.05) is 10.6 Å². The molecule has 1 aromatic heterocycles. The minimum atomic E-state index is -0.240. The number of fused-ring (bicyclic) bond motifs is 1. The highest BCUT2D eigenvalue weighted by molar-refractivity contribution is 6.03. The van der Waals surface area contributed by atoms with Gasteiger partial charge in [0.1, 0.15) is 6.04 Å². The Hall–Kier alpha value is -4.19. The summed E-state index contributed by atoms with van der Waals surface area (Å²) in [6.45, 7) is 4.06. The largest absolute Gasteiger partial charge is 0.324 e. The molecule has 2 N–H and O–H groups in total. The molecule has 2 heterocycles. The van der Waals surface area contributed by atoms with E-state index in [1.165, 1.54) is 5.56 Å². The number of nitrogens with one attached hydrogen (secondary N) is 2. The van der Waals surface area contributed by atoms with Crippen LogP contribution in [0.4, 0.5) is 11.9 Å². The van der Waals surface area contributed by atoms with Crippen molar-refractivity contribution in [2.24, 2.45) is 0 Å². The summed E-state index contributed by atoms with van der Waals surface area (Å²) in [5.41, 5.74) is 5.97. The fourth-order valence-corrected chi connectivity index (χ4v) is 3.71. The minimum absolute atomic E-state index is 0.152. The molecule has 0 fully saturated rings. The molecule has 5 rings (SSSR count). The Morgan fingerprint density at radius 1 is 0.906 bits per heavy atom. The van der Waals surface area contributed by atoms with E-state index in [0.717, 1.165) is 22.4 Å². The van der Waals surface area contributed by atoms with Crippen LogP contribution in [0, 0.1) is 13.8 Å². The molecule has 4 aromatic rings. The van der Waals surface area contributed by atoms with E-state index >= 15 is 0 Å². The van der Waals surface area contributed by atoms with E-state index in [0.29, 0.717) is 11.5 Å². The summed E-state index contributed by atoms with van der Waals surface area (Å²) in [6, 6.07) is 25.7. The molecule has 0 bridgehead atoms. The second kappa shape index (κ2) is 8.15. The monoisotopic (exact) mass is 421 g/mol. The Balaban J connectivity index is 1.49. The third-order valence-electron chi connectivity index (χ3n) is 5.51. The van der Waals surface area contributed by atoms with E-state index in [1.54, 1.807) is 16.8 Å². The van der Waals surface area contributed by atoms with Gasteiger partial charge in [-0.2, -0.15) is 4.98 Å². The van der Waals surface area contributed by atoms with Crippen LogP contribution in [0.5, 0.6) is 0 Å². The van der Waals surface area contributed by atoms with Gasteiger partial charge in [-0.15, -0.1) is 5.10 Å². The maximum atomic E-state index is 12.7. The van der Waals surface area contributed by atoms with E-state index in [1.807, 2.05) is 37.3 Å². The molecule has 1 amide bonds. The highest BCUT2D eigenvalue weighted by Gasteiger charge is 2.25.